The number of carboxylic acid groups (broad SMARTS) is 1. The number of rotatable bonds is 9. The first kappa shape index (κ1) is 17.3. The van der Waals surface area contributed by atoms with E-state index in [4.69, 9.17) is 14.6 Å². The van der Waals surface area contributed by atoms with E-state index >= 15 is 0 Å². The van der Waals surface area contributed by atoms with Crippen molar-refractivity contribution >= 4 is 5.97 Å². The fourth-order valence-corrected chi connectivity index (χ4v) is 1.27. The van der Waals surface area contributed by atoms with Crippen LogP contribution in [0.25, 0.3) is 0 Å². The number of hydrogen-bond donors (Lipinski definition) is 1. The molecule has 0 heterocycles. The molecule has 0 aliphatic rings. The molecule has 0 radical (unpaired) electrons. The Labute approximate surface area is 115 Å². The van der Waals surface area contributed by atoms with Gasteiger partial charge in [-0.25, -0.2) is 4.79 Å². The Morgan fingerprint density at radius 3 is 2.16 bits per heavy atom. The molecule has 0 saturated heterocycles. The molecular formula is C15H24O4. The van der Waals surface area contributed by atoms with Crippen LogP contribution in [0.1, 0.15) is 40.5 Å². The Hall–Kier alpha value is -1.71. The SMILES string of the molecule is C\C=C(/C=C(\C=C(/C)OCCC)C(=O)O)OCCC. The highest BCUT2D eigenvalue weighted by Gasteiger charge is 2.07. The predicted octanol–water partition coefficient (Wildman–Crippen LogP) is 3.66. The molecule has 4 heteroatoms. The van der Waals surface area contributed by atoms with Crippen LogP contribution in [0.3, 0.4) is 0 Å². The van der Waals surface area contributed by atoms with Crippen LogP contribution >= 0.6 is 0 Å². The molecule has 0 atom stereocenters. The van der Waals surface area contributed by atoms with Gasteiger partial charge < -0.3 is 14.6 Å². The van der Waals surface area contributed by atoms with E-state index in [1.54, 1.807) is 13.0 Å². The summed E-state index contributed by atoms with van der Waals surface area (Å²) in [5, 5.41) is 9.17. The first-order valence-corrected chi connectivity index (χ1v) is 6.60. The molecule has 0 aromatic heterocycles. The van der Waals surface area contributed by atoms with E-state index in [0.29, 0.717) is 24.7 Å². The van der Waals surface area contributed by atoms with Gasteiger partial charge in [-0.05, 0) is 44.9 Å². The minimum atomic E-state index is -1.00. The summed E-state index contributed by atoms with van der Waals surface area (Å²) in [6, 6.07) is 0. The van der Waals surface area contributed by atoms with Crippen molar-refractivity contribution in [2.45, 2.75) is 40.5 Å². The summed E-state index contributed by atoms with van der Waals surface area (Å²) < 4.78 is 10.8. The van der Waals surface area contributed by atoms with Gasteiger partial charge in [-0.2, -0.15) is 0 Å². The lowest BCUT2D eigenvalue weighted by atomic mass is 10.2. The van der Waals surface area contributed by atoms with Crippen LogP contribution in [0.5, 0.6) is 0 Å². The minimum absolute atomic E-state index is 0.151. The number of carboxylic acids is 1. The molecule has 0 rings (SSSR count). The molecule has 0 saturated carbocycles. The van der Waals surface area contributed by atoms with Crippen molar-refractivity contribution in [2.24, 2.45) is 0 Å². The molecule has 0 aromatic carbocycles. The molecular weight excluding hydrogens is 244 g/mol. The molecule has 0 bridgehead atoms. The number of aliphatic carboxylic acids is 1. The van der Waals surface area contributed by atoms with E-state index < -0.39 is 5.97 Å². The number of carbonyl (C=O) groups is 1. The lowest BCUT2D eigenvalue weighted by molar-refractivity contribution is -0.132. The predicted molar refractivity (Wildman–Crippen MR) is 75.7 cm³/mol. The third-order valence-corrected chi connectivity index (χ3v) is 2.19. The summed E-state index contributed by atoms with van der Waals surface area (Å²) in [6.45, 7) is 8.70. The molecule has 0 amide bonds. The minimum Gasteiger partial charge on any atom is -0.498 e. The van der Waals surface area contributed by atoms with Gasteiger partial charge in [-0.15, -0.1) is 0 Å². The smallest absolute Gasteiger partial charge is 0.335 e. The van der Waals surface area contributed by atoms with E-state index in [1.165, 1.54) is 12.2 Å². The second-order valence-electron chi connectivity index (χ2n) is 4.05. The van der Waals surface area contributed by atoms with Gasteiger partial charge in [0, 0.05) is 0 Å². The van der Waals surface area contributed by atoms with Crippen LogP contribution < -0.4 is 0 Å². The lowest BCUT2D eigenvalue weighted by Gasteiger charge is -2.07. The summed E-state index contributed by atoms with van der Waals surface area (Å²) in [4.78, 5) is 11.2. The van der Waals surface area contributed by atoms with Crippen LogP contribution in [0.15, 0.2) is 35.3 Å². The Morgan fingerprint density at radius 1 is 1.11 bits per heavy atom. The van der Waals surface area contributed by atoms with Gasteiger partial charge in [-0.1, -0.05) is 13.8 Å². The molecule has 19 heavy (non-hydrogen) atoms. The number of hydrogen-bond acceptors (Lipinski definition) is 3. The standard InChI is InChI=1S/C15H24O4/c1-5-8-18-12(4)10-13(15(16)17)11-14(7-3)19-9-6-2/h7,10-11H,5-6,8-9H2,1-4H3,(H,16,17)/b12-10+,13-11+,14-7+. The van der Waals surface area contributed by atoms with Gasteiger partial charge in [0.2, 0.25) is 0 Å². The van der Waals surface area contributed by atoms with Crippen LogP contribution in [-0.4, -0.2) is 24.3 Å². The highest BCUT2D eigenvalue weighted by Crippen LogP contribution is 2.10. The molecule has 0 aliphatic heterocycles. The average molecular weight is 268 g/mol. The highest BCUT2D eigenvalue weighted by atomic mass is 16.5. The zero-order valence-corrected chi connectivity index (χ0v) is 12.2. The molecule has 0 unspecified atom stereocenters. The topological polar surface area (TPSA) is 55.8 Å². The molecule has 1 N–H and O–H groups in total. The fourth-order valence-electron chi connectivity index (χ4n) is 1.27. The highest BCUT2D eigenvalue weighted by molar-refractivity contribution is 5.90. The maximum atomic E-state index is 11.2. The summed E-state index contributed by atoms with van der Waals surface area (Å²) >= 11 is 0. The second-order valence-corrected chi connectivity index (χ2v) is 4.05. The van der Waals surface area contributed by atoms with Crippen LogP contribution in [-0.2, 0) is 14.3 Å². The normalized spacial score (nSPS) is 13.4. The van der Waals surface area contributed by atoms with Crippen molar-refractivity contribution < 1.29 is 19.4 Å². The second kappa shape index (κ2) is 10.2. The summed E-state index contributed by atoms with van der Waals surface area (Å²) in [6.07, 6.45) is 6.53. The first-order valence-electron chi connectivity index (χ1n) is 6.60. The third kappa shape index (κ3) is 8.08. The molecule has 108 valence electrons. The Bertz CT molecular complexity index is 364. The average Bonchev–Trinajstić information content (AvgIpc) is 2.39. The van der Waals surface area contributed by atoms with Gasteiger partial charge in [0.05, 0.1) is 24.5 Å². The molecule has 0 aliphatic carbocycles. The van der Waals surface area contributed by atoms with E-state index in [-0.39, 0.29) is 5.57 Å². The van der Waals surface area contributed by atoms with Gasteiger partial charge in [-0.3, -0.25) is 0 Å². The van der Waals surface area contributed by atoms with Crippen molar-refractivity contribution in [3.05, 3.63) is 35.3 Å². The monoisotopic (exact) mass is 268 g/mol. The largest absolute Gasteiger partial charge is 0.498 e. The van der Waals surface area contributed by atoms with Gasteiger partial charge in [0.25, 0.3) is 0 Å². The third-order valence-electron chi connectivity index (χ3n) is 2.19. The van der Waals surface area contributed by atoms with E-state index in [1.807, 2.05) is 20.8 Å². The molecule has 0 fully saturated rings. The first-order chi connectivity index (χ1) is 9.04. The maximum absolute atomic E-state index is 11.2. The molecule has 0 spiro atoms. The van der Waals surface area contributed by atoms with Crippen molar-refractivity contribution in [1.82, 2.24) is 0 Å². The summed E-state index contributed by atoms with van der Waals surface area (Å²) in [5.74, 6) is 0.138. The van der Waals surface area contributed by atoms with Crippen LogP contribution in [0.4, 0.5) is 0 Å². The zero-order chi connectivity index (χ0) is 14.7. The summed E-state index contributed by atoms with van der Waals surface area (Å²) in [7, 11) is 0. The van der Waals surface area contributed by atoms with Crippen molar-refractivity contribution in [1.29, 1.82) is 0 Å². The summed E-state index contributed by atoms with van der Waals surface area (Å²) in [5.41, 5.74) is 0.151. The number of ether oxygens (including phenoxy) is 2. The fraction of sp³-hybridized carbons (Fsp3) is 0.533. The van der Waals surface area contributed by atoms with Gasteiger partial charge >= 0.3 is 5.97 Å². The van der Waals surface area contributed by atoms with Gasteiger partial charge in [0.15, 0.2) is 0 Å². The zero-order valence-electron chi connectivity index (χ0n) is 12.2. The lowest BCUT2D eigenvalue weighted by Crippen LogP contribution is -2.02. The number of allylic oxidation sites excluding steroid dienone is 3. The van der Waals surface area contributed by atoms with Crippen molar-refractivity contribution in [2.75, 3.05) is 13.2 Å². The quantitative estimate of drug-likeness (QED) is 0.394. The van der Waals surface area contributed by atoms with E-state index in [0.717, 1.165) is 12.8 Å². The maximum Gasteiger partial charge on any atom is 0.335 e. The van der Waals surface area contributed by atoms with Crippen molar-refractivity contribution in [3.63, 3.8) is 0 Å². The molecule has 0 aromatic rings. The Balaban J connectivity index is 4.93. The van der Waals surface area contributed by atoms with Crippen LogP contribution in [0, 0.1) is 0 Å². The Kier molecular flexibility index (Phi) is 9.31. The van der Waals surface area contributed by atoms with Gasteiger partial charge in [0.1, 0.15) is 5.76 Å². The van der Waals surface area contributed by atoms with E-state index in [9.17, 15) is 4.79 Å². The Morgan fingerprint density at radius 2 is 1.68 bits per heavy atom. The van der Waals surface area contributed by atoms with Crippen LogP contribution in [0.2, 0.25) is 0 Å². The van der Waals surface area contributed by atoms with Crippen molar-refractivity contribution in [3.8, 4) is 0 Å². The van der Waals surface area contributed by atoms with E-state index in [2.05, 4.69) is 0 Å². The molecule has 4 nitrogen and oxygen atoms in total.